The summed E-state index contributed by atoms with van der Waals surface area (Å²) in [6, 6.07) is 1.81. The molecule has 0 saturated carbocycles. The van der Waals surface area contributed by atoms with E-state index in [2.05, 4.69) is 31.5 Å². The van der Waals surface area contributed by atoms with Gasteiger partial charge in [-0.3, -0.25) is 4.79 Å². The number of carbonyl (C=O) groups is 1. The molecule has 0 bridgehead atoms. The van der Waals surface area contributed by atoms with Gasteiger partial charge in [-0.05, 0) is 47.9 Å². The number of amides is 1. The lowest BCUT2D eigenvalue weighted by Crippen LogP contribution is -2.47. The number of carbonyl (C=O) groups excluding carboxylic acids is 1. The average Bonchev–Trinajstić information content (AvgIpc) is 2.53. The number of pyridine rings is 1. The lowest BCUT2D eigenvalue weighted by molar-refractivity contribution is 0.0512. The lowest BCUT2D eigenvalue weighted by atomic mass is 9.79. The third-order valence-electron chi connectivity index (χ3n) is 4.24. The first-order valence-electron chi connectivity index (χ1n) is 7.78. The van der Waals surface area contributed by atoms with Gasteiger partial charge in [-0.25, -0.2) is 4.98 Å². The second kappa shape index (κ2) is 11.2. The Morgan fingerprint density at radius 1 is 1.40 bits per heavy atom. The van der Waals surface area contributed by atoms with E-state index in [0.717, 1.165) is 30.4 Å². The van der Waals surface area contributed by atoms with Crippen molar-refractivity contribution in [1.29, 1.82) is 0 Å². The Morgan fingerprint density at radius 3 is 2.60 bits per heavy atom. The van der Waals surface area contributed by atoms with Crippen molar-refractivity contribution in [1.82, 2.24) is 15.6 Å². The fraction of sp³-hybridized carbons (Fsp3) is 0.625. The van der Waals surface area contributed by atoms with Crippen molar-refractivity contribution in [2.45, 2.75) is 12.8 Å². The zero-order valence-corrected chi connectivity index (χ0v) is 18.0. The van der Waals surface area contributed by atoms with Gasteiger partial charge in [-0.15, -0.1) is 24.8 Å². The number of ether oxygens (including phenoxy) is 1. The topological polar surface area (TPSA) is 66.5 Å². The number of aromatic nitrogens is 1. The van der Waals surface area contributed by atoms with Gasteiger partial charge >= 0.3 is 0 Å². The average molecular weight is 458 g/mol. The Kier molecular flexibility index (Phi) is 10.9. The van der Waals surface area contributed by atoms with Crippen LogP contribution in [0.5, 0.6) is 0 Å². The standard InChI is InChI=1S/C16H25BrN4O2.2ClH/c1-21(2)14-13(8-12(17)9-19-14)15(22)20-10-16(11-23-3)4-6-18-7-5-16;;/h8-9,18H,4-7,10-11H2,1-3H3,(H,20,22);2*1H. The highest BCUT2D eigenvalue weighted by Crippen LogP contribution is 2.28. The van der Waals surface area contributed by atoms with Crippen LogP contribution in [0.3, 0.4) is 0 Å². The highest BCUT2D eigenvalue weighted by Gasteiger charge is 2.32. The van der Waals surface area contributed by atoms with E-state index in [1.165, 1.54) is 0 Å². The van der Waals surface area contributed by atoms with Crippen molar-refractivity contribution < 1.29 is 9.53 Å². The number of hydrogen-bond acceptors (Lipinski definition) is 5. The Bertz CT molecular complexity index is 549. The van der Waals surface area contributed by atoms with Crippen LogP contribution in [-0.4, -0.2) is 58.3 Å². The maximum absolute atomic E-state index is 12.7. The number of rotatable bonds is 6. The van der Waals surface area contributed by atoms with E-state index in [0.29, 0.717) is 24.5 Å². The fourth-order valence-electron chi connectivity index (χ4n) is 2.95. The van der Waals surface area contributed by atoms with Gasteiger partial charge in [0.1, 0.15) is 5.82 Å². The molecule has 2 heterocycles. The van der Waals surface area contributed by atoms with E-state index >= 15 is 0 Å². The molecule has 0 aliphatic carbocycles. The first-order chi connectivity index (χ1) is 11.0. The zero-order valence-electron chi connectivity index (χ0n) is 14.8. The molecule has 1 aromatic heterocycles. The largest absolute Gasteiger partial charge is 0.384 e. The fourth-order valence-corrected chi connectivity index (χ4v) is 3.29. The van der Waals surface area contributed by atoms with Gasteiger partial charge in [0.05, 0.1) is 12.2 Å². The molecule has 144 valence electrons. The van der Waals surface area contributed by atoms with E-state index in [9.17, 15) is 4.79 Å². The van der Waals surface area contributed by atoms with Crippen molar-refractivity contribution in [2.75, 3.05) is 52.3 Å². The number of nitrogens with zero attached hydrogens (tertiary/aromatic N) is 2. The first kappa shape index (κ1) is 24.4. The molecule has 1 aliphatic rings. The molecule has 0 radical (unpaired) electrons. The van der Waals surface area contributed by atoms with Crippen LogP contribution < -0.4 is 15.5 Å². The van der Waals surface area contributed by atoms with Crippen LogP contribution >= 0.6 is 40.7 Å². The third-order valence-corrected chi connectivity index (χ3v) is 4.67. The van der Waals surface area contributed by atoms with Crippen molar-refractivity contribution >= 4 is 52.5 Å². The second-order valence-electron chi connectivity index (χ2n) is 6.28. The number of nitrogens with one attached hydrogen (secondary N) is 2. The van der Waals surface area contributed by atoms with Gasteiger partial charge in [-0.1, -0.05) is 0 Å². The molecule has 25 heavy (non-hydrogen) atoms. The summed E-state index contributed by atoms with van der Waals surface area (Å²) in [5.41, 5.74) is 0.582. The van der Waals surface area contributed by atoms with E-state index < -0.39 is 0 Å². The second-order valence-corrected chi connectivity index (χ2v) is 7.20. The van der Waals surface area contributed by atoms with Gasteiger partial charge in [0.25, 0.3) is 5.91 Å². The Morgan fingerprint density at radius 2 is 2.04 bits per heavy atom. The Labute approximate surface area is 170 Å². The van der Waals surface area contributed by atoms with Gasteiger partial charge in [0.2, 0.25) is 0 Å². The zero-order chi connectivity index (χ0) is 16.9. The molecule has 6 nitrogen and oxygen atoms in total. The van der Waals surface area contributed by atoms with Crippen LogP contribution in [-0.2, 0) is 4.74 Å². The molecule has 1 fully saturated rings. The van der Waals surface area contributed by atoms with E-state index in [4.69, 9.17) is 4.74 Å². The normalized spacial score (nSPS) is 15.5. The van der Waals surface area contributed by atoms with E-state index in [1.807, 2.05) is 25.1 Å². The van der Waals surface area contributed by atoms with Gasteiger partial charge in [0, 0.05) is 43.8 Å². The number of hydrogen-bond donors (Lipinski definition) is 2. The minimum Gasteiger partial charge on any atom is -0.384 e. The lowest BCUT2D eigenvalue weighted by Gasteiger charge is -2.37. The van der Waals surface area contributed by atoms with Gasteiger partial charge < -0.3 is 20.3 Å². The van der Waals surface area contributed by atoms with Crippen LogP contribution in [0.15, 0.2) is 16.7 Å². The Hall–Kier alpha value is -0.600. The number of halogens is 3. The molecule has 2 N–H and O–H groups in total. The van der Waals surface area contributed by atoms with Crippen molar-refractivity contribution in [2.24, 2.45) is 5.41 Å². The summed E-state index contributed by atoms with van der Waals surface area (Å²) in [5, 5.41) is 6.44. The van der Waals surface area contributed by atoms with Crippen LogP contribution in [0.1, 0.15) is 23.2 Å². The summed E-state index contributed by atoms with van der Waals surface area (Å²) < 4.78 is 6.19. The molecule has 1 aromatic rings. The summed E-state index contributed by atoms with van der Waals surface area (Å²) in [5.74, 6) is 0.563. The summed E-state index contributed by atoms with van der Waals surface area (Å²) >= 11 is 3.39. The molecule has 1 saturated heterocycles. The van der Waals surface area contributed by atoms with Crippen molar-refractivity contribution in [3.63, 3.8) is 0 Å². The number of anilines is 1. The van der Waals surface area contributed by atoms with Crippen LogP contribution in [0.2, 0.25) is 0 Å². The first-order valence-corrected chi connectivity index (χ1v) is 8.57. The molecule has 1 amide bonds. The monoisotopic (exact) mass is 456 g/mol. The summed E-state index contributed by atoms with van der Waals surface area (Å²) in [6.07, 6.45) is 3.70. The Balaban J connectivity index is 0.00000288. The predicted molar refractivity (Wildman–Crippen MR) is 110 cm³/mol. The molecule has 0 aromatic carbocycles. The van der Waals surface area contributed by atoms with Crippen molar-refractivity contribution in [3.05, 3.63) is 22.3 Å². The highest BCUT2D eigenvalue weighted by atomic mass is 79.9. The predicted octanol–water partition coefficient (Wildman–Crippen LogP) is 2.50. The van der Waals surface area contributed by atoms with Crippen LogP contribution in [0.4, 0.5) is 5.82 Å². The molecule has 9 heteroatoms. The smallest absolute Gasteiger partial charge is 0.255 e. The maximum Gasteiger partial charge on any atom is 0.255 e. The van der Waals surface area contributed by atoms with Crippen LogP contribution in [0, 0.1) is 5.41 Å². The highest BCUT2D eigenvalue weighted by molar-refractivity contribution is 9.10. The van der Waals surface area contributed by atoms with E-state index in [1.54, 1.807) is 13.3 Å². The summed E-state index contributed by atoms with van der Waals surface area (Å²) in [6.45, 7) is 3.19. The summed E-state index contributed by atoms with van der Waals surface area (Å²) in [4.78, 5) is 18.8. The van der Waals surface area contributed by atoms with E-state index in [-0.39, 0.29) is 36.1 Å². The molecule has 2 rings (SSSR count). The number of piperidine rings is 1. The molecule has 0 unspecified atom stereocenters. The maximum atomic E-state index is 12.7. The van der Waals surface area contributed by atoms with Crippen LogP contribution in [0.25, 0.3) is 0 Å². The summed E-state index contributed by atoms with van der Waals surface area (Å²) in [7, 11) is 5.48. The SMILES string of the molecule is COCC1(CNC(=O)c2cc(Br)cnc2N(C)C)CCNCC1.Cl.Cl. The molecular formula is C16H27BrCl2N4O2. The molecule has 0 atom stereocenters. The van der Waals surface area contributed by atoms with Gasteiger partial charge in [-0.2, -0.15) is 0 Å². The minimum absolute atomic E-state index is 0. The van der Waals surface area contributed by atoms with Crippen molar-refractivity contribution in [3.8, 4) is 0 Å². The molecule has 1 aliphatic heterocycles. The number of methoxy groups -OCH3 is 1. The third kappa shape index (κ3) is 6.57. The molecule has 0 spiro atoms. The van der Waals surface area contributed by atoms with Gasteiger partial charge in [0.15, 0.2) is 0 Å². The minimum atomic E-state index is -0.100. The quantitative estimate of drug-likeness (QED) is 0.686. The molecular weight excluding hydrogens is 431 g/mol.